The van der Waals surface area contributed by atoms with Crippen LogP contribution in [0, 0.1) is 5.92 Å². The second-order valence-corrected chi connectivity index (χ2v) is 5.43. The molecule has 1 fully saturated rings. The molecule has 1 aromatic carbocycles. The van der Waals surface area contributed by atoms with Gasteiger partial charge in [0.1, 0.15) is 0 Å². The number of benzene rings is 1. The molecule has 0 aromatic heterocycles. The maximum Gasteiger partial charge on any atom is 0.335 e. The van der Waals surface area contributed by atoms with Crippen LogP contribution in [0.2, 0.25) is 0 Å². The zero-order chi connectivity index (χ0) is 13.8. The van der Waals surface area contributed by atoms with E-state index < -0.39 is 5.97 Å². The van der Waals surface area contributed by atoms with Crippen LogP contribution in [0.25, 0.3) is 0 Å². The molecule has 3 N–H and O–H groups in total. The van der Waals surface area contributed by atoms with Crippen molar-refractivity contribution in [1.82, 2.24) is 10.6 Å². The molecule has 1 aliphatic heterocycles. The van der Waals surface area contributed by atoms with Gasteiger partial charge in [-0.15, -0.1) is 0 Å². The molecule has 0 saturated carbocycles. The van der Waals surface area contributed by atoms with E-state index in [2.05, 4.69) is 24.5 Å². The van der Waals surface area contributed by atoms with E-state index in [-0.39, 0.29) is 12.0 Å². The van der Waals surface area contributed by atoms with Gasteiger partial charge in [-0.25, -0.2) is 4.79 Å². The monoisotopic (exact) mass is 262 g/mol. The fourth-order valence-electron chi connectivity index (χ4n) is 2.95. The smallest absolute Gasteiger partial charge is 0.335 e. The van der Waals surface area contributed by atoms with Crippen LogP contribution in [0.4, 0.5) is 0 Å². The second-order valence-electron chi connectivity index (χ2n) is 5.43. The molecular weight excluding hydrogens is 240 g/mol. The van der Waals surface area contributed by atoms with Crippen LogP contribution in [-0.4, -0.2) is 36.8 Å². The van der Waals surface area contributed by atoms with E-state index >= 15 is 0 Å². The Morgan fingerprint density at radius 3 is 2.63 bits per heavy atom. The summed E-state index contributed by atoms with van der Waals surface area (Å²) in [4.78, 5) is 11.4. The minimum Gasteiger partial charge on any atom is -0.478 e. The van der Waals surface area contributed by atoms with Gasteiger partial charge in [-0.2, -0.15) is 0 Å². The predicted octanol–water partition coefficient (Wildman–Crippen LogP) is 1.69. The number of carboxylic acid groups (broad SMARTS) is 1. The third-order valence-corrected chi connectivity index (χ3v) is 3.77. The zero-order valence-electron chi connectivity index (χ0n) is 11.5. The number of rotatable bonds is 4. The van der Waals surface area contributed by atoms with Crippen LogP contribution in [0.5, 0.6) is 0 Å². The Kier molecular flexibility index (Phi) is 4.56. The van der Waals surface area contributed by atoms with Crippen molar-refractivity contribution in [1.29, 1.82) is 0 Å². The van der Waals surface area contributed by atoms with Gasteiger partial charge in [0.2, 0.25) is 0 Å². The van der Waals surface area contributed by atoms with Crippen LogP contribution in [0.1, 0.15) is 35.7 Å². The van der Waals surface area contributed by atoms with Gasteiger partial charge in [0.15, 0.2) is 0 Å². The molecule has 0 amide bonds. The van der Waals surface area contributed by atoms with Gasteiger partial charge in [0, 0.05) is 31.6 Å². The summed E-state index contributed by atoms with van der Waals surface area (Å²) in [7, 11) is 0. The Bertz CT molecular complexity index is 440. The van der Waals surface area contributed by atoms with E-state index in [9.17, 15) is 9.90 Å². The standard InChI is InChI=1S/C15H22N2O2/c1-10(2)14(13-9-16-7-8-17-13)11-5-3-4-6-12(11)15(18)19/h3-6,10,13-14,16-17H,7-9H2,1-2H3,(H,18,19)/t13?,14-/m1/s1. The SMILES string of the molecule is CC(C)[C@H](c1ccccc1C(=O)O)C1CNCCN1. The zero-order valence-corrected chi connectivity index (χ0v) is 11.5. The van der Waals surface area contributed by atoms with E-state index in [0.717, 1.165) is 25.2 Å². The summed E-state index contributed by atoms with van der Waals surface area (Å²) in [5.41, 5.74) is 1.36. The first-order chi connectivity index (χ1) is 9.11. The minimum absolute atomic E-state index is 0.208. The molecule has 1 unspecified atom stereocenters. The summed E-state index contributed by atoms with van der Waals surface area (Å²) in [5, 5.41) is 16.2. The molecule has 4 heteroatoms. The fraction of sp³-hybridized carbons (Fsp3) is 0.533. The van der Waals surface area contributed by atoms with Crippen LogP contribution in [0.3, 0.4) is 0 Å². The van der Waals surface area contributed by atoms with Gasteiger partial charge in [0.25, 0.3) is 0 Å². The quantitative estimate of drug-likeness (QED) is 0.772. The number of nitrogens with one attached hydrogen (secondary N) is 2. The summed E-state index contributed by atoms with van der Waals surface area (Å²) in [5.74, 6) is -0.247. The maximum absolute atomic E-state index is 11.4. The molecule has 2 atom stereocenters. The molecule has 0 radical (unpaired) electrons. The van der Waals surface area contributed by atoms with Gasteiger partial charge in [-0.05, 0) is 17.5 Å². The van der Waals surface area contributed by atoms with E-state index in [1.807, 2.05) is 12.1 Å². The normalized spacial score (nSPS) is 21.3. The highest BCUT2D eigenvalue weighted by Crippen LogP contribution is 2.31. The lowest BCUT2D eigenvalue weighted by molar-refractivity contribution is 0.0694. The number of carboxylic acids is 1. The van der Waals surface area contributed by atoms with Crippen molar-refractivity contribution in [3.8, 4) is 0 Å². The summed E-state index contributed by atoms with van der Waals surface area (Å²) < 4.78 is 0. The highest BCUT2D eigenvalue weighted by molar-refractivity contribution is 5.89. The van der Waals surface area contributed by atoms with Crippen molar-refractivity contribution in [3.05, 3.63) is 35.4 Å². The van der Waals surface area contributed by atoms with Crippen molar-refractivity contribution < 1.29 is 9.90 Å². The Balaban J connectivity index is 2.35. The first-order valence-electron chi connectivity index (χ1n) is 6.87. The van der Waals surface area contributed by atoms with Crippen LogP contribution >= 0.6 is 0 Å². The highest BCUT2D eigenvalue weighted by atomic mass is 16.4. The average molecular weight is 262 g/mol. The van der Waals surface area contributed by atoms with Gasteiger partial charge in [0.05, 0.1) is 5.56 Å². The van der Waals surface area contributed by atoms with Crippen molar-refractivity contribution in [3.63, 3.8) is 0 Å². The lowest BCUT2D eigenvalue weighted by Crippen LogP contribution is -2.52. The first kappa shape index (κ1) is 14.0. The number of hydrogen-bond donors (Lipinski definition) is 3. The largest absolute Gasteiger partial charge is 0.478 e. The van der Waals surface area contributed by atoms with Crippen molar-refractivity contribution in [2.24, 2.45) is 5.92 Å². The Labute approximate surface area is 114 Å². The average Bonchev–Trinajstić information content (AvgIpc) is 2.40. The Morgan fingerprint density at radius 2 is 2.05 bits per heavy atom. The second kappa shape index (κ2) is 6.17. The molecule has 1 saturated heterocycles. The fourth-order valence-corrected chi connectivity index (χ4v) is 2.95. The number of hydrogen-bond acceptors (Lipinski definition) is 3. The molecule has 0 aliphatic carbocycles. The summed E-state index contributed by atoms with van der Waals surface area (Å²) in [6.45, 7) is 7.10. The van der Waals surface area contributed by atoms with E-state index in [1.54, 1.807) is 12.1 Å². The van der Waals surface area contributed by atoms with Crippen LogP contribution in [-0.2, 0) is 0 Å². The molecule has 0 spiro atoms. The number of piperazine rings is 1. The van der Waals surface area contributed by atoms with Crippen molar-refractivity contribution in [2.45, 2.75) is 25.8 Å². The molecular formula is C15H22N2O2. The summed E-state index contributed by atoms with van der Waals surface area (Å²) in [6.07, 6.45) is 0. The molecule has 104 valence electrons. The lowest BCUT2D eigenvalue weighted by atomic mass is 9.79. The van der Waals surface area contributed by atoms with Gasteiger partial charge >= 0.3 is 5.97 Å². The van der Waals surface area contributed by atoms with Crippen molar-refractivity contribution >= 4 is 5.97 Å². The number of carbonyl (C=O) groups is 1. The summed E-state index contributed by atoms with van der Waals surface area (Å²) in [6, 6.07) is 7.65. The van der Waals surface area contributed by atoms with Crippen LogP contribution in [0.15, 0.2) is 24.3 Å². The Hall–Kier alpha value is -1.39. The highest BCUT2D eigenvalue weighted by Gasteiger charge is 2.30. The minimum atomic E-state index is -0.843. The molecule has 1 aliphatic rings. The lowest BCUT2D eigenvalue weighted by Gasteiger charge is -2.35. The van der Waals surface area contributed by atoms with Gasteiger partial charge in [-0.1, -0.05) is 32.0 Å². The van der Waals surface area contributed by atoms with E-state index in [4.69, 9.17) is 0 Å². The first-order valence-corrected chi connectivity index (χ1v) is 6.87. The molecule has 0 bridgehead atoms. The third-order valence-electron chi connectivity index (χ3n) is 3.77. The van der Waals surface area contributed by atoms with E-state index in [1.165, 1.54) is 0 Å². The molecule has 1 heterocycles. The topological polar surface area (TPSA) is 61.4 Å². The van der Waals surface area contributed by atoms with Gasteiger partial charge in [-0.3, -0.25) is 0 Å². The predicted molar refractivity (Wildman–Crippen MR) is 75.6 cm³/mol. The van der Waals surface area contributed by atoms with E-state index in [0.29, 0.717) is 11.5 Å². The van der Waals surface area contributed by atoms with Crippen LogP contribution < -0.4 is 10.6 Å². The maximum atomic E-state index is 11.4. The Morgan fingerprint density at radius 1 is 1.32 bits per heavy atom. The molecule has 19 heavy (non-hydrogen) atoms. The molecule has 4 nitrogen and oxygen atoms in total. The third kappa shape index (κ3) is 3.14. The van der Waals surface area contributed by atoms with Crippen molar-refractivity contribution in [2.75, 3.05) is 19.6 Å². The van der Waals surface area contributed by atoms with Gasteiger partial charge < -0.3 is 15.7 Å². The summed E-state index contributed by atoms with van der Waals surface area (Å²) >= 11 is 0. The molecule has 1 aromatic rings. The number of aromatic carboxylic acids is 1. The molecule has 2 rings (SSSR count).